The maximum Gasteiger partial charge on any atom is 0.258 e. The van der Waals surface area contributed by atoms with Gasteiger partial charge in [0, 0.05) is 11.1 Å². The number of pyridine rings is 1. The summed E-state index contributed by atoms with van der Waals surface area (Å²) in [6.45, 7) is 1.74. The van der Waals surface area contributed by atoms with Gasteiger partial charge in [0.05, 0.1) is 0 Å². The number of benzene rings is 1. The van der Waals surface area contributed by atoms with E-state index in [1.54, 1.807) is 25.1 Å². The van der Waals surface area contributed by atoms with Crippen LogP contribution in [0.15, 0.2) is 24.3 Å². The SMILES string of the molecule is Cc1cc(Cl)ccc1Oc1nc(N)c(F)cc1F. The summed E-state index contributed by atoms with van der Waals surface area (Å²) in [5.41, 5.74) is 5.95. The molecule has 1 aromatic heterocycles. The molecule has 0 saturated carbocycles. The van der Waals surface area contributed by atoms with Crippen molar-refractivity contribution in [3.05, 3.63) is 46.5 Å². The number of halogens is 3. The summed E-state index contributed by atoms with van der Waals surface area (Å²) in [5.74, 6) is -2.27. The Morgan fingerprint density at radius 1 is 1.22 bits per heavy atom. The Bertz CT molecular complexity index is 605. The average molecular weight is 271 g/mol. The van der Waals surface area contributed by atoms with Crippen molar-refractivity contribution in [2.75, 3.05) is 5.73 Å². The minimum Gasteiger partial charge on any atom is -0.436 e. The van der Waals surface area contributed by atoms with Crippen molar-refractivity contribution < 1.29 is 13.5 Å². The zero-order chi connectivity index (χ0) is 13.3. The molecule has 0 aliphatic heterocycles. The summed E-state index contributed by atoms with van der Waals surface area (Å²) < 4.78 is 31.6. The van der Waals surface area contributed by atoms with Gasteiger partial charge in [-0.25, -0.2) is 8.78 Å². The van der Waals surface area contributed by atoms with Gasteiger partial charge in [-0.15, -0.1) is 0 Å². The first-order valence-corrected chi connectivity index (χ1v) is 5.40. The van der Waals surface area contributed by atoms with Crippen molar-refractivity contribution >= 4 is 17.4 Å². The summed E-state index contributed by atoms with van der Waals surface area (Å²) in [7, 11) is 0. The summed E-state index contributed by atoms with van der Waals surface area (Å²) in [4.78, 5) is 3.50. The van der Waals surface area contributed by atoms with Gasteiger partial charge < -0.3 is 10.5 Å². The molecule has 6 heteroatoms. The number of hydrogen-bond donors (Lipinski definition) is 1. The molecule has 2 N–H and O–H groups in total. The van der Waals surface area contributed by atoms with E-state index in [2.05, 4.69) is 4.98 Å². The van der Waals surface area contributed by atoms with Crippen molar-refractivity contribution in [1.82, 2.24) is 4.98 Å². The standard InChI is InChI=1S/C12H9ClF2N2O/c1-6-4-7(13)2-3-10(6)18-12-9(15)5-8(14)11(16)17-12/h2-5H,1H3,(H2,16,17). The molecule has 0 spiro atoms. The molecule has 0 unspecified atom stereocenters. The van der Waals surface area contributed by atoms with Gasteiger partial charge in [-0.2, -0.15) is 4.98 Å². The zero-order valence-corrected chi connectivity index (χ0v) is 10.1. The van der Waals surface area contributed by atoms with Crippen LogP contribution in [0.4, 0.5) is 14.6 Å². The van der Waals surface area contributed by atoms with E-state index in [4.69, 9.17) is 22.1 Å². The van der Waals surface area contributed by atoms with Gasteiger partial charge >= 0.3 is 0 Å². The van der Waals surface area contributed by atoms with E-state index in [0.717, 1.165) is 0 Å². The first-order valence-electron chi connectivity index (χ1n) is 5.03. The normalized spacial score (nSPS) is 10.4. The molecule has 0 amide bonds. The third kappa shape index (κ3) is 2.51. The van der Waals surface area contributed by atoms with Crippen molar-refractivity contribution in [2.45, 2.75) is 6.92 Å². The van der Waals surface area contributed by atoms with Crippen LogP contribution in [0.2, 0.25) is 5.02 Å². The van der Waals surface area contributed by atoms with Crippen molar-refractivity contribution in [3.63, 3.8) is 0 Å². The molecule has 2 aromatic rings. The molecule has 2 rings (SSSR count). The smallest absolute Gasteiger partial charge is 0.258 e. The van der Waals surface area contributed by atoms with Gasteiger partial charge in [-0.3, -0.25) is 0 Å². The Labute approximate surface area is 107 Å². The first kappa shape index (κ1) is 12.6. The highest BCUT2D eigenvalue weighted by molar-refractivity contribution is 6.30. The lowest BCUT2D eigenvalue weighted by Crippen LogP contribution is -2.00. The number of nitrogens with zero attached hydrogens (tertiary/aromatic N) is 1. The third-order valence-electron chi connectivity index (χ3n) is 2.27. The molecule has 1 aromatic carbocycles. The summed E-state index contributed by atoms with van der Waals surface area (Å²) in [6.07, 6.45) is 0. The van der Waals surface area contributed by atoms with E-state index in [0.29, 0.717) is 22.4 Å². The second-order valence-corrected chi connectivity index (χ2v) is 4.09. The lowest BCUT2D eigenvalue weighted by atomic mass is 10.2. The zero-order valence-electron chi connectivity index (χ0n) is 9.38. The van der Waals surface area contributed by atoms with Crippen LogP contribution in [0.5, 0.6) is 11.6 Å². The monoisotopic (exact) mass is 270 g/mol. The van der Waals surface area contributed by atoms with Gasteiger partial charge in [0.25, 0.3) is 5.88 Å². The number of aryl methyl sites for hydroxylation is 1. The number of nitrogen functional groups attached to an aromatic ring is 1. The Kier molecular flexibility index (Phi) is 3.34. The fraction of sp³-hybridized carbons (Fsp3) is 0.0833. The fourth-order valence-corrected chi connectivity index (χ4v) is 1.59. The van der Waals surface area contributed by atoms with Gasteiger partial charge in [0.1, 0.15) is 5.75 Å². The first-order chi connectivity index (χ1) is 8.47. The minimum absolute atomic E-state index is 0.372. The maximum atomic E-state index is 13.4. The van der Waals surface area contributed by atoms with Crippen molar-refractivity contribution in [1.29, 1.82) is 0 Å². The summed E-state index contributed by atoms with van der Waals surface area (Å²) >= 11 is 5.78. The Balaban J connectivity index is 2.37. The second-order valence-electron chi connectivity index (χ2n) is 3.65. The summed E-state index contributed by atoms with van der Waals surface area (Å²) in [6, 6.07) is 5.44. The van der Waals surface area contributed by atoms with E-state index in [-0.39, 0.29) is 5.88 Å². The number of anilines is 1. The molecule has 0 atom stereocenters. The van der Waals surface area contributed by atoms with Gasteiger partial charge in [-0.1, -0.05) is 11.6 Å². The van der Waals surface area contributed by atoms with Crippen LogP contribution < -0.4 is 10.5 Å². The Morgan fingerprint density at radius 2 is 1.94 bits per heavy atom. The molecule has 0 saturated heterocycles. The van der Waals surface area contributed by atoms with Crippen LogP contribution in [-0.4, -0.2) is 4.98 Å². The van der Waals surface area contributed by atoms with Crippen LogP contribution >= 0.6 is 11.6 Å². The number of hydrogen-bond acceptors (Lipinski definition) is 3. The highest BCUT2D eigenvalue weighted by Gasteiger charge is 2.12. The van der Waals surface area contributed by atoms with Crippen LogP contribution in [0, 0.1) is 18.6 Å². The molecule has 0 radical (unpaired) electrons. The highest BCUT2D eigenvalue weighted by Crippen LogP contribution is 2.28. The quantitative estimate of drug-likeness (QED) is 0.905. The molecule has 94 valence electrons. The fourth-order valence-electron chi connectivity index (χ4n) is 1.37. The van der Waals surface area contributed by atoms with E-state index >= 15 is 0 Å². The van der Waals surface area contributed by atoms with Gasteiger partial charge in [-0.05, 0) is 30.7 Å². The highest BCUT2D eigenvalue weighted by atomic mass is 35.5. The van der Waals surface area contributed by atoms with Crippen LogP contribution in [-0.2, 0) is 0 Å². The predicted octanol–water partition coefficient (Wildman–Crippen LogP) is 3.70. The third-order valence-corrected chi connectivity index (χ3v) is 2.50. The summed E-state index contributed by atoms with van der Waals surface area (Å²) in [5, 5.41) is 0.534. The van der Waals surface area contributed by atoms with Crippen LogP contribution in [0.25, 0.3) is 0 Å². The van der Waals surface area contributed by atoms with Crippen molar-refractivity contribution in [2.24, 2.45) is 0 Å². The molecule has 1 heterocycles. The molecule has 0 aliphatic rings. The maximum absolute atomic E-state index is 13.4. The predicted molar refractivity (Wildman–Crippen MR) is 64.8 cm³/mol. The topological polar surface area (TPSA) is 48.1 Å². The molecule has 0 fully saturated rings. The molecular weight excluding hydrogens is 262 g/mol. The second kappa shape index (κ2) is 4.78. The molecule has 0 aliphatic carbocycles. The van der Waals surface area contributed by atoms with E-state index in [1.165, 1.54) is 0 Å². The van der Waals surface area contributed by atoms with Gasteiger partial charge in [0.15, 0.2) is 17.5 Å². The number of nitrogens with two attached hydrogens (primary N) is 1. The largest absolute Gasteiger partial charge is 0.436 e. The lowest BCUT2D eigenvalue weighted by molar-refractivity contribution is 0.416. The van der Waals surface area contributed by atoms with E-state index in [9.17, 15) is 8.78 Å². The van der Waals surface area contributed by atoms with E-state index < -0.39 is 17.5 Å². The van der Waals surface area contributed by atoms with E-state index in [1.807, 2.05) is 0 Å². The minimum atomic E-state index is -0.923. The number of rotatable bonds is 2. The molecule has 18 heavy (non-hydrogen) atoms. The molecular formula is C12H9ClF2N2O. The van der Waals surface area contributed by atoms with Gasteiger partial charge in [0.2, 0.25) is 0 Å². The Morgan fingerprint density at radius 3 is 2.61 bits per heavy atom. The number of aromatic nitrogens is 1. The Hall–Kier alpha value is -1.88. The van der Waals surface area contributed by atoms with Crippen LogP contribution in [0.1, 0.15) is 5.56 Å². The molecule has 0 bridgehead atoms. The average Bonchev–Trinajstić information content (AvgIpc) is 2.29. The molecule has 3 nitrogen and oxygen atoms in total. The number of ether oxygens (including phenoxy) is 1. The van der Waals surface area contributed by atoms with Crippen molar-refractivity contribution in [3.8, 4) is 11.6 Å². The van der Waals surface area contributed by atoms with Crippen LogP contribution in [0.3, 0.4) is 0 Å². The lowest BCUT2D eigenvalue weighted by Gasteiger charge is -2.09.